The molecule has 0 saturated heterocycles. The highest BCUT2D eigenvalue weighted by molar-refractivity contribution is 8.00. The lowest BCUT2D eigenvalue weighted by Gasteiger charge is -2.35. The first-order valence-electron chi connectivity index (χ1n) is 10.5. The molecule has 1 aliphatic carbocycles. The molecule has 2 aromatic rings. The molecule has 1 fully saturated rings. The number of hydrogen-bond donors (Lipinski definition) is 0. The first-order chi connectivity index (χ1) is 13.5. The minimum Gasteiger partial charge on any atom is -0.461 e. The number of rotatable bonds is 8. The lowest BCUT2D eigenvalue weighted by Crippen LogP contribution is -2.44. The lowest BCUT2D eigenvalue weighted by atomic mass is 9.94. The van der Waals surface area contributed by atoms with E-state index in [1.807, 2.05) is 19.1 Å². The summed E-state index contributed by atoms with van der Waals surface area (Å²) in [6.07, 6.45) is 7.65. The molecule has 1 saturated carbocycles. The zero-order chi connectivity index (χ0) is 20.1. The predicted octanol–water partition coefficient (Wildman–Crippen LogP) is 4.86. The fraction of sp³-hybridized carbons (Fsp3) is 0.667. The van der Waals surface area contributed by atoms with Crippen molar-refractivity contribution < 1.29 is 9.21 Å². The summed E-state index contributed by atoms with van der Waals surface area (Å²) in [7, 11) is 0. The summed E-state index contributed by atoms with van der Waals surface area (Å²) in [5, 5.41) is 9.33. The molecule has 0 radical (unpaired) electrons. The van der Waals surface area contributed by atoms with Gasteiger partial charge in [0.05, 0.1) is 11.5 Å². The Morgan fingerprint density at radius 2 is 2.04 bits per heavy atom. The van der Waals surface area contributed by atoms with Gasteiger partial charge in [-0.25, -0.2) is 0 Å². The molecule has 0 N–H and O–H groups in total. The van der Waals surface area contributed by atoms with E-state index in [-0.39, 0.29) is 11.2 Å². The lowest BCUT2D eigenvalue weighted by molar-refractivity contribution is -0.133. The molecule has 1 unspecified atom stereocenters. The quantitative estimate of drug-likeness (QED) is 0.588. The van der Waals surface area contributed by atoms with E-state index in [9.17, 15) is 4.79 Å². The van der Waals surface area contributed by atoms with Crippen LogP contribution >= 0.6 is 11.8 Å². The Kier molecular flexibility index (Phi) is 7.21. The maximum atomic E-state index is 13.2. The number of hydrogen-bond acceptors (Lipinski definition) is 5. The van der Waals surface area contributed by atoms with Crippen molar-refractivity contribution in [1.82, 2.24) is 19.7 Å². The van der Waals surface area contributed by atoms with Crippen molar-refractivity contribution in [2.75, 3.05) is 6.54 Å². The predicted molar refractivity (Wildman–Crippen MR) is 112 cm³/mol. The molecule has 7 heteroatoms. The van der Waals surface area contributed by atoms with Gasteiger partial charge in [-0.3, -0.25) is 9.36 Å². The maximum Gasteiger partial charge on any atom is 0.236 e. The van der Waals surface area contributed by atoms with Crippen molar-refractivity contribution in [3.8, 4) is 11.6 Å². The van der Waals surface area contributed by atoms with Crippen LogP contribution in [0, 0.1) is 5.92 Å². The monoisotopic (exact) mass is 404 g/mol. The van der Waals surface area contributed by atoms with Crippen molar-refractivity contribution in [1.29, 1.82) is 0 Å². The van der Waals surface area contributed by atoms with Crippen molar-refractivity contribution in [3.05, 3.63) is 18.4 Å². The van der Waals surface area contributed by atoms with Crippen molar-refractivity contribution >= 4 is 17.7 Å². The first-order valence-corrected chi connectivity index (χ1v) is 11.3. The molecule has 0 bridgehead atoms. The molecule has 154 valence electrons. The van der Waals surface area contributed by atoms with Crippen LogP contribution in [0.4, 0.5) is 0 Å². The van der Waals surface area contributed by atoms with Crippen molar-refractivity contribution in [3.63, 3.8) is 0 Å². The van der Waals surface area contributed by atoms with Crippen LogP contribution < -0.4 is 0 Å². The van der Waals surface area contributed by atoms with Gasteiger partial charge in [-0.15, -0.1) is 10.2 Å². The van der Waals surface area contributed by atoms with Crippen LogP contribution in [0.15, 0.2) is 28.0 Å². The largest absolute Gasteiger partial charge is 0.461 e. The Balaban J connectivity index is 1.77. The molecule has 1 amide bonds. The van der Waals surface area contributed by atoms with Gasteiger partial charge in [-0.1, -0.05) is 44.9 Å². The number of amides is 1. The Morgan fingerprint density at radius 3 is 2.64 bits per heavy atom. The SMILES string of the molecule is CCN(C(=O)C(C)Sc1nnc(-c2ccco2)n1CC(C)C)C1CCCCC1. The summed E-state index contributed by atoms with van der Waals surface area (Å²) in [6, 6.07) is 4.14. The maximum absolute atomic E-state index is 13.2. The molecule has 0 aromatic carbocycles. The van der Waals surface area contributed by atoms with Gasteiger partial charge >= 0.3 is 0 Å². The highest BCUT2D eigenvalue weighted by Crippen LogP contribution is 2.30. The van der Waals surface area contributed by atoms with Gasteiger partial charge in [0.25, 0.3) is 0 Å². The smallest absolute Gasteiger partial charge is 0.236 e. The molecular formula is C21H32N4O2S. The van der Waals surface area contributed by atoms with Crippen LogP contribution in [0.5, 0.6) is 0 Å². The normalized spacial score (nSPS) is 16.5. The third-order valence-corrected chi connectivity index (χ3v) is 6.34. The third kappa shape index (κ3) is 4.80. The third-order valence-electron chi connectivity index (χ3n) is 5.28. The highest BCUT2D eigenvalue weighted by Gasteiger charge is 2.29. The summed E-state index contributed by atoms with van der Waals surface area (Å²) >= 11 is 1.50. The fourth-order valence-electron chi connectivity index (χ4n) is 3.92. The van der Waals surface area contributed by atoms with E-state index < -0.39 is 0 Å². The van der Waals surface area contributed by atoms with Crippen molar-refractivity contribution in [2.24, 2.45) is 5.92 Å². The molecule has 2 heterocycles. The van der Waals surface area contributed by atoms with Gasteiger partial charge in [-0.2, -0.15) is 0 Å². The molecule has 1 aliphatic rings. The summed E-state index contributed by atoms with van der Waals surface area (Å²) in [5.41, 5.74) is 0. The van der Waals surface area contributed by atoms with E-state index in [0.29, 0.717) is 17.7 Å². The van der Waals surface area contributed by atoms with Crippen LogP contribution in [0.3, 0.4) is 0 Å². The van der Waals surface area contributed by atoms with E-state index in [0.717, 1.165) is 36.9 Å². The Labute approximate surface area is 172 Å². The second kappa shape index (κ2) is 9.63. The summed E-state index contributed by atoms with van der Waals surface area (Å²) in [6.45, 7) is 9.95. The van der Waals surface area contributed by atoms with Crippen LogP contribution in [0.25, 0.3) is 11.6 Å². The Bertz CT molecular complexity index is 751. The average molecular weight is 405 g/mol. The van der Waals surface area contributed by atoms with Gasteiger partial charge < -0.3 is 9.32 Å². The van der Waals surface area contributed by atoms with Crippen molar-refractivity contribution in [2.45, 2.75) is 82.8 Å². The first kappa shape index (κ1) is 21.0. The molecule has 1 atom stereocenters. The fourth-order valence-corrected chi connectivity index (χ4v) is 4.85. The zero-order valence-corrected chi connectivity index (χ0v) is 18.2. The summed E-state index contributed by atoms with van der Waals surface area (Å²) in [5.74, 6) is 2.07. The number of thioether (sulfide) groups is 1. The Morgan fingerprint density at radius 1 is 1.29 bits per heavy atom. The van der Waals surface area contributed by atoms with Gasteiger partial charge in [0, 0.05) is 19.1 Å². The molecular weight excluding hydrogens is 372 g/mol. The van der Waals surface area contributed by atoms with Crippen LogP contribution in [0.1, 0.15) is 59.8 Å². The zero-order valence-electron chi connectivity index (χ0n) is 17.4. The average Bonchev–Trinajstić information content (AvgIpc) is 3.33. The molecule has 6 nitrogen and oxygen atoms in total. The number of carbonyl (C=O) groups is 1. The Hall–Kier alpha value is -1.76. The standard InChI is InChI=1S/C21H32N4O2S/c1-5-24(17-10-7-6-8-11-17)20(26)16(4)28-21-23-22-19(18-12-9-13-27-18)25(21)14-15(2)3/h9,12-13,15-17H,5-8,10-11,14H2,1-4H3. The molecule has 3 rings (SSSR count). The second-order valence-electron chi connectivity index (χ2n) is 7.96. The topological polar surface area (TPSA) is 64.2 Å². The molecule has 28 heavy (non-hydrogen) atoms. The van der Waals surface area contributed by atoms with Gasteiger partial charge in [-0.05, 0) is 44.7 Å². The van der Waals surface area contributed by atoms with Crippen LogP contribution in [0.2, 0.25) is 0 Å². The number of nitrogens with zero attached hydrogens (tertiary/aromatic N) is 4. The van der Waals surface area contributed by atoms with E-state index in [2.05, 4.69) is 40.4 Å². The van der Waals surface area contributed by atoms with E-state index >= 15 is 0 Å². The van der Waals surface area contributed by atoms with Crippen LogP contribution in [-0.4, -0.2) is 43.4 Å². The highest BCUT2D eigenvalue weighted by atomic mass is 32.2. The van der Waals surface area contributed by atoms with Gasteiger partial charge in [0.2, 0.25) is 5.91 Å². The molecule has 2 aromatic heterocycles. The minimum absolute atomic E-state index is 0.193. The van der Waals surface area contributed by atoms with E-state index in [1.165, 1.54) is 31.0 Å². The van der Waals surface area contributed by atoms with E-state index in [4.69, 9.17) is 4.42 Å². The molecule has 0 spiro atoms. The summed E-state index contributed by atoms with van der Waals surface area (Å²) < 4.78 is 7.61. The molecule has 0 aliphatic heterocycles. The minimum atomic E-state index is -0.193. The second-order valence-corrected chi connectivity index (χ2v) is 9.27. The summed E-state index contributed by atoms with van der Waals surface area (Å²) in [4.78, 5) is 15.3. The number of carbonyl (C=O) groups excluding carboxylic acids is 1. The van der Waals surface area contributed by atoms with Crippen LogP contribution in [-0.2, 0) is 11.3 Å². The van der Waals surface area contributed by atoms with Gasteiger partial charge in [0.1, 0.15) is 0 Å². The number of aromatic nitrogens is 3. The number of furan rings is 1. The van der Waals surface area contributed by atoms with E-state index in [1.54, 1.807) is 6.26 Å². The van der Waals surface area contributed by atoms with Gasteiger partial charge in [0.15, 0.2) is 16.7 Å².